The number of rotatable bonds is 3. The van der Waals surface area contributed by atoms with Gasteiger partial charge in [-0.15, -0.1) is 0 Å². The van der Waals surface area contributed by atoms with Gasteiger partial charge in [-0.05, 0) is 49.1 Å². The first-order valence-electron chi connectivity index (χ1n) is 9.95. The van der Waals surface area contributed by atoms with Crippen LogP contribution in [0.25, 0.3) is 0 Å². The molecule has 0 aromatic heterocycles. The average Bonchev–Trinajstić information content (AvgIpc) is 2.72. The molecule has 3 unspecified atom stereocenters. The van der Waals surface area contributed by atoms with Crippen LogP contribution in [0, 0.1) is 11.7 Å². The Morgan fingerprint density at radius 3 is 2.61 bits per heavy atom. The van der Waals surface area contributed by atoms with Gasteiger partial charge in [-0.3, -0.25) is 4.79 Å². The third-order valence-corrected chi connectivity index (χ3v) is 6.39. The summed E-state index contributed by atoms with van der Waals surface area (Å²) < 4.78 is 19.6. The maximum atomic E-state index is 14.3. The summed E-state index contributed by atoms with van der Waals surface area (Å²) in [6.07, 6.45) is 4.18. The molecule has 1 heterocycles. The third kappa shape index (κ3) is 3.28. The molecule has 3 atom stereocenters. The zero-order valence-electron chi connectivity index (χ0n) is 16.1. The summed E-state index contributed by atoms with van der Waals surface area (Å²) in [6.45, 7) is 0.414. The van der Waals surface area contributed by atoms with Gasteiger partial charge < -0.3 is 14.7 Å². The predicted molar refractivity (Wildman–Crippen MR) is 105 cm³/mol. The molecule has 4 rings (SSSR count). The van der Waals surface area contributed by atoms with Gasteiger partial charge in [0.15, 0.2) is 0 Å². The molecule has 28 heavy (non-hydrogen) atoms. The first-order valence-corrected chi connectivity index (χ1v) is 9.95. The quantitative estimate of drug-likeness (QED) is 0.858. The number of halogens is 1. The van der Waals surface area contributed by atoms with E-state index < -0.39 is 11.4 Å². The Morgan fingerprint density at radius 1 is 1.14 bits per heavy atom. The first-order chi connectivity index (χ1) is 13.5. The van der Waals surface area contributed by atoms with Gasteiger partial charge >= 0.3 is 0 Å². The standard InChI is InChI=1S/C23H26FNO3/c1-28-17-11-9-16(10-12-17)21-19-7-4-5-13-23(19,27)14-15-25(21)22(26)18-6-2-3-8-20(18)24/h2-3,6,8-12,19,21,27H,4-5,7,13-15H2,1H3. The minimum atomic E-state index is -0.769. The Hall–Kier alpha value is -2.40. The van der Waals surface area contributed by atoms with Gasteiger partial charge in [-0.25, -0.2) is 4.39 Å². The molecule has 2 fully saturated rings. The molecule has 4 nitrogen and oxygen atoms in total. The van der Waals surface area contributed by atoms with Crippen molar-refractivity contribution in [2.75, 3.05) is 13.7 Å². The zero-order valence-corrected chi connectivity index (χ0v) is 16.1. The second-order valence-corrected chi connectivity index (χ2v) is 7.90. The fourth-order valence-electron chi connectivity index (χ4n) is 4.91. The summed E-state index contributed by atoms with van der Waals surface area (Å²) in [5.41, 5.74) is 0.271. The molecule has 148 valence electrons. The minimum Gasteiger partial charge on any atom is -0.497 e. The van der Waals surface area contributed by atoms with Crippen molar-refractivity contribution in [1.82, 2.24) is 4.90 Å². The normalized spacial score (nSPS) is 27.2. The van der Waals surface area contributed by atoms with Crippen LogP contribution in [0.5, 0.6) is 5.75 Å². The molecule has 1 N–H and O–H groups in total. The van der Waals surface area contributed by atoms with E-state index in [1.807, 2.05) is 24.3 Å². The number of ether oxygens (including phenoxy) is 1. The van der Waals surface area contributed by atoms with E-state index in [0.717, 1.165) is 37.0 Å². The number of aliphatic hydroxyl groups is 1. The van der Waals surface area contributed by atoms with Crippen LogP contribution in [0.3, 0.4) is 0 Å². The highest BCUT2D eigenvalue weighted by molar-refractivity contribution is 5.95. The maximum Gasteiger partial charge on any atom is 0.257 e. The maximum absolute atomic E-state index is 14.3. The molecule has 5 heteroatoms. The summed E-state index contributed by atoms with van der Waals surface area (Å²) >= 11 is 0. The van der Waals surface area contributed by atoms with Gasteiger partial charge in [0.25, 0.3) is 5.91 Å². The lowest BCUT2D eigenvalue weighted by molar-refractivity contribution is -0.115. The van der Waals surface area contributed by atoms with Crippen LogP contribution in [-0.4, -0.2) is 35.2 Å². The molecular formula is C23H26FNO3. The van der Waals surface area contributed by atoms with E-state index in [-0.39, 0.29) is 23.4 Å². The number of hydrogen-bond donors (Lipinski definition) is 1. The number of carbonyl (C=O) groups is 1. The molecule has 1 saturated carbocycles. The highest BCUT2D eigenvalue weighted by Crippen LogP contribution is 2.49. The molecule has 1 aliphatic heterocycles. The van der Waals surface area contributed by atoms with Crippen molar-refractivity contribution in [3.8, 4) is 5.75 Å². The highest BCUT2D eigenvalue weighted by Gasteiger charge is 2.50. The lowest BCUT2D eigenvalue weighted by Gasteiger charge is -2.52. The summed E-state index contributed by atoms with van der Waals surface area (Å²) in [4.78, 5) is 15.0. The van der Waals surface area contributed by atoms with Gasteiger partial charge in [0.1, 0.15) is 11.6 Å². The number of carbonyl (C=O) groups excluding carboxylic acids is 1. The molecule has 0 spiro atoms. The Labute approximate surface area is 164 Å². The number of fused-ring (bicyclic) bond motifs is 1. The van der Waals surface area contributed by atoms with Crippen LogP contribution in [0.2, 0.25) is 0 Å². The summed E-state index contributed by atoms with van der Waals surface area (Å²) in [5, 5.41) is 11.3. The van der Waals surface area contributed by atoms with E-state index in [1.165, 1.54) is 12.1 Å². The Morgan fingerprint density at radius 2 is 1.89 bits per heavy atom. The number of benzene rings is 2. The van der Waals surface area contributed by atoms with Crippen molar-refractivity contribution in [3.63, 3.8) is 0 Å². The van der Waals surface area contributed by atoms with Gasteiger partial charge in [-0.2, -0.15) is 0 Å². The molecule has 2 aromatic rings. The lowest BCUT2D eigenvalue weighted by atomic mass is 9.66. The Balaban J connectivity index is 1.75. The molecule has 0 radical (unpaired) electrons. The monoisotopic (exact) mass is 383 g/mol. The largest absolute Gasteiger partial charge is 0.497 e. The zero-order chi connectivity index (χ0) is 19.7. The van der Waals surface area contributed by atoms with Crippen LogP contribution in [0.4, 0.5) is 4.39 Å². The van der Waals surface area contributed by atoms with Crippen LogP contribution < -0.4 is 4.74 Å². The van der Waals surface area contributed by atoms with Crippen molar-refractivity contribution in [1.29, 1.82) is 0 Å². The topological polar surface area (TPSA) is 49.8 Å². The average molecular weight is 383 g/mol. The molecule has 2 aromatic carbocycles. The van der Waals surface area contributed by atoms with Crippen molar-refractivity contribution in [2.45, 2.75) is 43.7 Å². The number of nitrogens with zero attached hydrogens (tertiary/aromatic N) is 1. The summed E-state index contributed by atoms with van der Waals surface area (Å²) in [6, 6.07) is 13.5. The van der Waals surface area contributed by atoms with Crippen LogP contribution in [0.1, 0.15) is 54.1 Å². The third-order valence-electron chi connectivity index (χ3n) is 6.39. The van der Waals surface area contributed by atoms with E-state index >= 15 is 0 Å². The second kappa shape index (κ2) is 7.55. The van der Waals surface area contributed by atoms with Crippen LogP contribution >= 0.6 is 0 Å². The van der Waals surface area contributed by atoms with Crippen molar-refractivity contribution >= 4 is 5.91 Å². The van der Waals surface area contributed by atoms with Crippen molar-refractivity contribution in [2.24, 2.45) is 5.92 Å². The number of likely N-dealkylation sites (tertiary alicyclic amines) is 1. The Bertz CT molecular complexity index is 853. The highest BCUT2D eigenvalue weighted by atomic mass is 19.1. The van der Waals surface area contributed by atoms with Gasteiger partial charge in [0, 0.05) is 12.5 Å². The fourth-order valence-corrected chi connectivity index (χ4v) is 4.91. The van der Waals surface area contributed by atoms with Gasteiger partial charge in [-0.1, -0.05) is 37.1 Å². The number of piperidine rings is 1. The smallest absolute Gasteiger partial charge is 0.257 e. The SMILES string of the molecule is COc1ccc(C2C3CCCCC3(O)CCN2C(=O)c2ccccc2F)cc1. The summed E-state index contributed by atoms with van der Waals surface area (Å²) in [7, 11) is 1.61. The molecule has 1 aliphatic carbocycles. The Kier molecular flexibility index (Phi) is 5.11. The fraction of sp³-hybridized carbons (Fsp3) is 0.435. The van der Waals surface area contributed by atoms with E-state index in [2.05, 4.69) is 0 Å². The van der Waals surface area contributed by atoms with E-state index in [0.29, 0.717) is 13.0 Å². The van der Waals surface area contributed by atoms with Crippen LogP contribution in [-0.2, 0) is 0 Å². The number of methoxy groups -OCH3 is 1. The predicted octanol–water partition coefficient (Wildman–Crippen LogP) is 4.34. The minimum absolute atomic E-state index is 0.0564. The van der Waals surface area contributed by atoms with Gasteiger partial charge in [0.2, 0.25) is 0 Å². The van der Waals surface area contributed by atoms with Crippen molar-refractivity contribution in [3.05, 3.63) is 65.5 Å². The number of hydrogen-bond acceptors (Lipinski definition) is 3. The first kappa shape index (κ1) is 18.9. The van der Waals surface area contributed by atoms with E-state index in [4.69, 9.17) is 4.74 Å². The van der Waals surface area contributed by atoms with E-state index in [9.17, 15) is 14.3 Å². The second-order valence-electron chi connectivity index (χ2n) is 7.90. The van der Waals surface area contributed by atoms with Crippen LogP contribution in [0.15, 0.2) is 48.5 Å². The molecule has 2 aliphatic rings. The molecule has 0 bridgehead atoms. The molecule has 1 saturated heterocycles. The summed E-state index contributed by atoms with van der Waals surface area (Å²) in [5.74, 6) is -0.137. The number of amides is 1. The van der Waals surface area contributed by atoms with Crippen molar-refractivity contribution < 1.29 is 19.0 Å². The molecule has 1 amide bonds. The lowest BCUT2D eigenvalue weighted by Crippen LogP contribution is -2.56. The van der Waals surface area contributed by atoms with E-state index in [1.54, 1.807) is 24.1 Å². The molecular weight excluding hydrogens is 357 g/mol. The van der Waals surface area contributed by atoms with Gasteiger partial charge in [0.05, 0.1) is 24.3 Å².